The number of hydrogen-bond acceptors (Lipinski definition) is 5. The van der Waals surface area contributed by atoms with Crippen LogP contribution in [0.2, 0.25) is 0 Å². The molecule has 24 heavy (non-hydrogen) atoms. The molecule has 3 rings (SSSR count). The van der Waals surface area contributed by atoms with E-state index in [-0.39, 0.29) is 5.91 Å². The number of nitrogens with zero attached hydrogens (tertiary/aromatic N) is 4. The second-order valence-corrected chi connectivity index (χ2v) is 6.72. The Morgan fingerprint density at radius 3 is 2.96 bits per heavy atom. The van der Waals surface area contributed by atoms with Crippen LogP contribution >= 0.6 is 0 Å². The Bertz CT molecular complexity index is 606. The van der Waals surface area contributed by atoms with Gasteiger partial charge in [-0.05, 0) is 50.3 Å². The number of likely N-dealkylation sites (tertiary alicyclic amines) is 2. The summed E-state index contributed by atoms with van der Waals surface area (Å²) >= 11 is 0. The van der Waals surface area contributed by atoms with Gasteiger partial charge in [0, 0.05) is 32.4 Å². The first-order valence-corrected chi connectivity index (χ1v) is 8.85. The third-order valence-electron chi connectivity index (χ3n) is 4.92. The zero-order valence-electron chi connectivity index (χ0n) is 14.1. The van der Waals surface area contributed by atoms with Crippen LogP contribution in [0.1, 0.15) is 31.2 Å². The standard InChI is InChI=1S/C18H25N5O/c19-11-16-5-4-7-20-18(16)21-12-15-6-10-22(13-15)14-17(24)23-8-2-1-3-9-23/h4-5,7,15H,1-3,6,8-10,12-14H2,(H,20,21). The lowest BCUT2D eigenvalue weighted by atomic mass is 10.1. The third kappa shape index (κ3) is 4.24. The van der Waals surface area contributed by atoms with Crippen molar-refractivity contribution >= 4 is 11.7 Å². The van der Waals surface area contributed by atoms with E-state index in [1.54, 1.807) is 18.3 Å². The summed E-state index contributed by atoms with van der Waals surface area (Å²) in [5.41, 5.74) is 0.577. The highest BCUT2D eigenvalue weighted by molar-refractivity contribution is 5.78. The van der Waals surface area contributed by atoms with Crippen molar-refractivity contribution in [3.63, 3.8) is 0 Å². The van der Waals surface area contributed by atoms with Gasteiger partial charge in [0.2, 0.25) is 5.91 Å². The van der Waals surface area contributed by atoms with Crippen molar-refractivity contribution in [2.45, 2.75) is 25.7 Å². The number of piperidine rings is 1. The highest BCUT2D eigenvalue weighted by Crippen LogP contribution is 2.18. The molecular weight excluding hydrogens is 302 g/mol. The maximum atomic E-state index is 12.3. The SMILES string of the molecule is N#Cc1cccnc1NCC1CCN(CC(=O)N2CCCCC2)C1. The number of pyridine rings is 1. The first-order valence-electron chi connectivity index (χ1n) is 8.85. The Kier molecular flexibility index (Phi) is 5.65. The van der Waals surface area contributed by atoms with E-state index in [0.717, 1.165) is 52.0 Å². The zero-order valence-corrected chi connectivity index (χ0v) is 14.1. The Morgan fingerprint density at radius 1 is 1.33 bits per heavy atom. The molecule has 1 amide bonds. The van der Waals surface area contributed by atoms with Gasteiger partial charge in [0.15, 0.2) is 0 Å². The molecule has 3 heterocycles. The largest absolute Gasteiger partial charge is 0.369 e. The van der Waals surface area contributed by atoms with Gasteiger partial charge in [-0.1, -0.05) is 0 Å². The molecule has 2 saturated heterocycles. The lowest BCUT2D eigenvalue weighted by molar-refractivity contribution is -0.133. The predicted molar refractivity (Wildman–Crippen MR) is 92.4 cm³/mol. The minimum absolute atomic E-state index is 0.278. The average Bonchev–Trinajstić information content (AvgIpc) is 3.08. The van der Waals surface area contributed by atoms with Crippen LogP contribution in [0.5, 0.6) is 0 Å². The fraction of sp³-hybridized carbons (Fsp3) is 0.611. The van der Waals surface area contributed by atoms with Gasteiger partial charge in [-0.25, -0.2) is 4.98 Å². The number of amides is 1. The van der Waals surface area contributed by atoms with Gasteiger partial charge in [-0.2, -0.15) is 5.26 Å². The molecule has 0 aromatic carbocycles. The second kappa shape index (κ2) is 8.11. The van der Waals surface area contributed by atoms with E-state index < -0.39 is 0 Å². The fourth-order valence-corrected chi connectivity index (χ4v) is 3.54. The summed E-state index contributed by atoms with van der Waals surface area (Å²) in [5.74, 6) is 1.43. The zero-order chi connectivity index (χ0) is 16.8. The van der Waals surface area contributed by atoms with Gasteiger partial charge < -0.3 is 10.2 Å². The van der Waals surface area contributed by atoms with Crippen LogP contribution in [0, 0.1) is 17.2 Å². The molecule has 1 aromatic rings. The van der Waals surface area contributed by atoms with E-state index in [4.69, 9.17) is 5.26 Å². The molecule has 6 heteroatoms. The van der Waals surface area contributed by atoms with E-state index >= 15 is 0 Å². The molecule has 1 N–H and O–H groups in total. The second-order valence-electron chi connectivity index (χ2n) is 6.72. The summed E-state index contributed by atoms with van der Waals surface area (Å²) in [4.78, 5) is 20.9. The van der Waals surface area contributed by atoms with Crippen molar-refractivity contribution in [2.24, 2.45) is 5.92 Å². The first kappa shape index (κ1) is 16.7. The smallest absolute Gasteiger partial charge is 0.236 e. The quantitative estimate of drug-likeness (QED) is 0.891. The normalized spacial score (nSPS) is 21.5. The molecule has 0 saturated carbocycles. The highest BCUT2D eigenvalue weighted by Gasteiger charge is 2.26. The highest BCUT2D eigenvalue weighted by atomic mass is 16.2. The maximum absolute atomic E-state index is 12.3. The topological polar surface area (TPSA) is 72.3 Å². The van der Waals surface area contributed by atoms with Gasteiger partial charge in [0.1, 0.15) is 11.9 Å². The lowest BCUT2D eigenvalue weighted by Gasteiger charge is -2.28. The molecule has 0 bridgehead atoms. The van der Waals surface area contributed by atoms with Gasteiger partial charge in [-0.15, -0.1) is 0 Å². The molecule has 1 aromatic heterocycles. The van der Waals surface area contributed by atoms with Gasteiger partial charge in [-0.3, -0.25) is 9.69 Å². The van der Waals surface area contributed by atoms with Crippen molar-refractivity contribution in [2.75, 3.05) is 44.6 Å². The van der Waals surface area contributed by atoms with Crippen LogP contribution in [-0.4, -0.2) is 60.0 Å². The van der Waals surface area contributed by atoms with Crippen LogP contribution in [0.15, 0.2) is 18.3 Å². The summed E-state index contributed by atoms with van der Waals surface area (Å²) in [6, 6.07) is 5.70. The Hall–Kier alpha value is -2.13. The van der Waals surface area contributed by atoms with E-state index in [0.29, 0.717) is 23.8 Å². The van der Waals surface area contributed by atoms with Crippen molar-refractivity contribution in [1.82, 2.24) is 14.8 Å². The molecule has 2 fully saturated rings. The summed E-state index contributed by atoms with van der Waals surface area (Å²) in [5, 5.41) is 12.4. The van der Waals surface area contributed by atoms with Crippen LogP contribution in [-0.2, 0) is 4.79 Å². The molecule has 0 spiro atoms. The number of rotatable bonds is 5. The number of nitrogens with one attached hydrogen (secondary N) is 1. The molecule has 0 aliphatic carbocycles. The number of anilines is 1. The van der Waals surface area contributed by atoms with Crippen molar-refractivity contribution in [3.05, 3.63) is 23.9 Å². The van der Waals surface area contributed by atoms with Crippen molar-refractivity contribution < 1.29 is 4.79 Å². The predicted octanol–water partition coefficient (Wildman–Crippen LogP) is 1.70. The minimum Gasteiger partial charge on any atom is -0.369 e. The minimum atomic E-state index is 0.278. The third-order valence-corrected chi connectivity index (χ3v) is 4.92. The number of aromatic nitrogens is 1. The van der Waals surface area contributed by atoms with E-state index in [1.807, 2.05) is 4.90 Å². The molecule has 128 valence electrons. The molecule has 2 aliphatic heterocycles. The Morgan fingerprint density at radius 2 is 2.17 bits per heavy atom. The molecule has 1 unspecified atom stereocenters. The lowest BCUT2D eigenvalue weighted by Crippen LogP contribution is -2.42. The first-order chi connectivity index (χ1) is 11.8. The van der Waals surface area contributed by atoms with Gasteiger partial charge >= 0.3 is 0 Å². The van der Waals surface area contributed by atoms with Gasteiger partial charge in [0.05, 0.1) is 12.1 Å². The molecule has 6 nitrogen and oxygen atoms in total. The van der Waals surface area contributed by atoms with Crippen LogP contribution < -0.4 is 5.32 Å². The molecule has 0 radical (unpaired) electrons. The maximum Gasteiger partial charge on any atom is 0.236 e. The molecular formula is C18H25N5O. The van der Waals surface area contributed by atoms with Gasteiger partial charge in [0.25, 0.3) is 0 Å². The van der Waals surface area contributed by atoms with Crippen LogP contribution in [0.25, 0.3) is 0 Å². The summed E-state index contributed by atoms with van der Waals surface area (Å²) in [7, 11) is 0. The number of nitriles is 1. The molecule has 1 atom stereocenters. The number of hydrogen-bond donors (Lipinski definition) is 1. The van der Waals surface area contributed by atoms with E-state index in [1.165, 1.54) is 6.42 Å². The van der Waals surface area contributed by atoms with Crippen molar-refractivity contribution in [3.8, 4) is 6.07 Å². The number of carbonyl (C=O) groups is 1. The fourth-order valence-electron chi connectivity index (χ4n) is 3.54. The number of carbonyl (C=O) groups excluding carboxylic acids is 1. The van der Waals surface area contributed by atoms with Crippen LogP contribution in [0.3, 0.4) is 0 Å². The summed E-state index contributed by atoms with van der Waals surface area (Å²) in [6.45, 7) is 5.09. The van der Waals surface area contributed by atoms with E-state index in [2.05, 4.69) is 21.3 Å². The Labute approximate surface area is 143 Å². The summed E-state index contributed by atoms with van der Waals surface area (Å²) < 4.78 is 0. The molecule has 2 aliphatic rings. The average molecular weight is 327 g/mol. The van der Waals surface area contributed by atoms with E-state index in [9.17, 15) is 4.79 Å². The summed E-state index contributed by atoms with van der Waals surface area (Å²) in [6.07, 6.45) is 6.31. The monoisotopic (exact) mass is 327 g/mol. The van der Waals surface area contributed by atoms with Crippen molar-refractivity contribution in [1.29, 1.82) is 5.26 Å². The van der Waals surface area contributed by atoms with Crippen LogP contribution in [0.4, 0.5) is 5.82 Å². The Balaban J connectivity index is 1.44.